The third-order valence-corrected chi connectivity index (χ3v) is 2.99. The average molecular weight is 254 g/mol. The predicted octanol–water partition coefficient (Wildman–Crippen LogP) is 0.568. The van der Waals surface area contributed by atoms with Gasteiger partial charge >= 0.3 is 6.09 Å². The maximum absolute atomic E-state index is 11.8. The topological polar surface area (TPSA) is 62.0 Å². The lowest BCUT2D eigenvalue weighted by Gasteiger charge is -2.45. The van der Waals surface area contributed by atoms with Crippen molar-refractivity contribution in [2.75, 3.05) is 26.7 Å². The smallest absolute Gasteiger partial charge is 0.410 e. The van der Waals surface area contributed by atoms with Gasteiger partial charge in [0.1, 0.15) is 5.60 Å². The zero-order valence-corrected chi connectivity index (χ0v) is 11.5. The lowest BCUT2D eigenvalue weighted by atomic mass is 10.1. The van der Waals surface area contributed by atoms with Crippen LogP contribution >= 0.6 is 0 Å². The SMILES string of the molecule is CN1CC(N)=CN1C1CN(C(=O)OC(C)(C)C)C1. The lowest BCUT2D eigenvalue weighted by Crippen LogP contribution is -2.62. The van der Waals surface area contributed by atoms with Crippen LogP contribution in [0.5, 0.6) is 0 Å². The van der Waals surface area contributed by atoms with E-state index in [0.29, 0.717) is 19.1 Å². The van der Waals surface area contributed by atoms with Gasteiger partial charge in [0.15, 0.2) is 0 Å². The number of rotatable bonds is 1. The van der Waals surface area contributed by atoms with Gasteiger partial charge < -0.3 is 20.4 Å². The highest BCUT2D eigenvalue weighted by molar-refractivity contribution is 5.69. The Morgan fingerprint density at radius 1 is 1.44 bits per heavy atom. The minimum atomic E-state index is -0.434. The standard InChI is InChI=1S/C12H22N4O2/c1-12(2,3)18-11(17)15-7-10(8-15)16-6-9(13)5-14(16)4/h6,10H,5,7-8,13H2,1-4H3. The van der Waals surface area contributed by atoms with Crippen molar-refractivity contribution in [2.45, 2.75) is 32.4 Å². The van der Waals surface area contributed by atoms with Crippen LogP contribution in [0.15, 0.2) is 11.9 Å². The summed E-state index contributed by atoms with van der Waals surface area (Å²) in [5.74, 6) is 0. The van der Waals surface area contributed by atoms with Crippen molar-refractivity contribution in [1.29, 1.82) is 0 Å². The van der Waals surface area contributed by atoms with Crippen LogP contribution in [0.2, 0.25) is 0 Å². The molecule has 0 aromatic carbocycles. The second-order valence-electron chi connectivity index (χ2n) is 5.94. The normalized spacial score (nSPS) is 21.9. The third kappa shape index (κ3) is 2.69. The maximum atomic E-state index is 11.8. The fraction of sp³-hybridized carbons (Fsp3) is 0.750. The summed E-state index contributed by atoms with van der Waals surface area (Å²) in [7, 11) is 1.99. The van der Waals surface area contributed by atoms with E-state index in [1.165, 1.54) is 0 Å². The van der Waals surface area contributed by atoms with Crippen LogP contribution in [-0.2, 0) is 4.74 Å². The Hall–Kier alpha value is -1.43. The van der Waals surface area contributed by atoms with Gasteiger partial charge in [-0.05, 0) is 20.8 Å². The first-order valence-corrected chi connectivity index (χ1v) is 6.20. The highest BCUT2D eigenvalue weighted by Crippen LogP contribution is 2.22. The number of amides is 1. The van der Waals surface area contributed by atoms with Gasteiger partial charge in [0.2, 0.25) is 0 Å². The summed E-state index contributed by atoms with van der Waals surface area (Å²) in [4.78, 5) is 13.5. The first-order chi connectivity index (χ1) is 8.26. The molecule has 0 atom stereocenters. The monoisotopic (exact) mass is 254 g/mol. The Kier molecular flexibility index (Phi) is 3.14. The molecule has 2 aliphatic rings. The summed E-state index contributed by atoms with van der Waals surface area (Å²) in [6.07, 6.45) is 1.70. The molecule has 0 aromatic rings. The highest BCUT2D eigenvalue weighted by atomic mass is 16.6. The van der Waals surface area contributed by atoms with Gasteiger partial charge in [-0.3, -0.25) is 0 Å². The largest absolute Gasteiger partial charge is 0.444 e. The van der Waals surface area contributed by atoms with Crippen molar-refractivity contribution >= 4 is 6.09 Å². The van der Waals surface area contributed by atoms with E-state index in [0.717, 1.165) is 12.2 Å². The molecule has 2 rings (SSSR count). The zero-order chi connectivity index (χ0) is 13.5. The van der Waals surface area contributed by atoms with Crippen LogP contribution in [-0.4, -0.2) is 59.3 Å². The van der Waals surface area contributed by atoms with E-state index in [9.17, 15) is 4.79 Å². The summed E-state index contributed by atoms with van der Waals surface area (Å²) in [6.45, 7) is 7.74. The van der Waals surface area contributed by atoms with Crippen LogP contribution in [0.3, 0.4) is 0 Å². The van der Waals surface area contributed by atoms with E-state index in [1.54, 1.807) is 4.90 Å². The second kappa shape index (κ2) is 4.35. The van der Waals surface area contributed by atoms with E-state index in [1.807, 2.05) is 34.0 Å². The molecule has 2 aliphatic heterocycles. The van der Waals surface area contributed by atoms with Crippen molar-refractivity contribution in [3.05, 3.63) is 11.9 Å². The number of hydrazine groups is 1. The molecule has 0 aliphatic carbocycles. The molecule has 18 heavy (non-hydrogen) atoms. The summed E-state index contributed by atoms with van der Waals surface area (Å²) in [6, 6.07) is 0.309. The molecule has 0 radical (unpaired) electrons. The minimum absolute atomic E-state index is 0.238. The van der Waals surface area contributed by atoms with Gasteiger partial charge in [0, 0.05) is 32.0 Å². The fourth-order valence-electron chi connectivity index (χ4n) is 2.14. The molecular formula is C12H22N4O2. The highest BCUT2D eigenvalue weighted by Gasteiger charge is 2.38. The van der Waals surface area contributed by atoms with Crippen LogP contribution in [0, 0.1) is 0 Å². The number of likely N-dealkylation sites (N-methyl/N-ethyl adjacent to an activating group) is 1. The Morgan fingerprint density at radius 2 is 2.06 bits per heavy atom. The fourth-order valence-corrected chi connectivity index (χ4v) is 2.14. The molecule has 0 unspecified atom stereocenters. The number of hydrogen-bond acceptors (Lipinski definition) is 5. The molecule has 2 heterocycles. The predicted molar refractivity (Wildman–Crippen MR) is 68.3 cm³/mol. The quantitative estimate of drug-likeness (QED) is 0.741. The lowest BCUT2D eigenvalue weighted by molar-refractivity contribution is -0.0511. The van der Waals surface area contributed by atoms with Crippen molar-refractivity contribution in [1.82, 2.24) is 14.9 Å². The van der Waals surface area contributed by atoms with E-state index < -0.39 is 5.60 Å². The van der Waals surface area contributed by atoms with Gasteiger partial charge in [-0.25, -0.2) is 9.80 Å². The van der Waals surface area contributed by atoms with Crippen molar-refractivity contribution in [3.8, 4) is 0 Å². The van der Waals surface area contributed by atoms with Crippen LogP contribution < -0.4 is 5.73 Å². The molecule has 1 amide bonds. The van der Waals surface area contributed by atoms with Gasteiger partial charge in [0.05, 0.1) is 12.6 Å². The van der Waals surface area contributed by atoms with E-state index in [4.69, 9.17) is 10.5 Å². The Bertz CT molecular complexity index is 369. The number of ether oxygens (including phenoxy) is 1. The number of carbonyl (C=O) groups is 1. The molecule has 6 nitrogen and oxygen atoms in total. The molecule has 102 valence electrons. The first-order valence-electron chi connectivity index (χ1n) is 6.20. The molecule has 1 fully saturated rings. The van der Waals surface area contributed by atoms with Gasteiger partial charge in [-0.1, -0.05) is 0 Å². The number of likely N-dealkylation sites (tertiary alicyclic amines) is 1. The molecular weight excluding hydrogens is 232 g/mol. The van der Waals surface area contributed by atoms with Gasteiger partial charge in [-0.15, -0.1) is 0 Å². The number of nitrogens with two attached hydrogens (primary N) is 1. The van der Waals surface area contributed by atoms with Gasteiger partial charge in [0.25, 0.3) is 0 Å². The summed E-state index contributed by atoms with van der Waals surface area (Å²) < 4.78 is 5.32. The van der Waals surface area contributed by atoms with Crippen molar-refractivity contribution < 1.29 is 9.53 Å². The molecule has 6 heteroatoms. The third-order valence-electron chi connectivity index (χ3n) is 2.99. The van der Waals surface area contributed by atoms with E-state index >= 15 is 0 Å². The maximum Gasteiger partial charge on any atom is 0.410 e. The average Bonchev–Trinajstić information content (AvgIpc) is 2.39. The number of hydrogen-bond donors (Lipinski definition) is 1. The first kappa shape index (κ1) is 13.0. The van der Waals surface area contributed by atoms with Crippen LogP contribution in [0.4, 0.5) is 4.79 Å². The minimum Gasteiger partial charge on any atom is -0.444 e. The summed E-state index contributed by atoms with van der Waals surface area (Å²) in [5, 5.41) is 4.16. The number of nitrogens with zero attached hydrogens (tertiary/aromatic N) is 3. The van der Waals surface area contributed by atoms with E-state index in [2.05, 4.69) is 10.0 Å². The van der Waals surface area contributed by atoms with Crippen molar-refractivity contribution in [3.63, 3.8) is 0 Å². The Morgan fingerprint density at radius 3 is 2.50 bits per heavy atom. The van der Waals surface area contributed by atoms with Crippen LogP contribution in [0.25, 0.3) is 0 Å². The van der Waals surface area contributed by atoms with E-state index in [-0.39, 0.29) is 6.09 Å². The molecule has 0 saturated carbocycles. The van der Waals surface area contributed by atoms with Crippen molar-refractivity contribution in [2.24, 2.45) is 5.73 Å². The zero-order valence-electron chi connectivity index (χ0n) is 11.5. The summed E-state index contributed by atoms with van der Waals surface area (Å²) in [5.41, 5.74) is 6.20. The molecule has 0 spiro atoms. The molecule has 0 bridgehead atoms. The Labute approximate surface area is 108 Å². The summed E-state index contributed by atoms with van der Waals surface area (Å²) >= 11 is 0. The number of carbonyl (C=O) groups excluding carboxylic acids is 1. The molecule has 0 aromatic heterocycles. The van der Waals surface area contributed by atoms with Gasteiger partial charge in [-0.2, -0.15) is 0 Å². The van der Waals surface area contributed by atoms with Crippen LogP contribution in [0.1, 0.15) is 20.8 Å². The Balaban J connectivity index is 1.82. The second-order valence-corrected chi connectivity index (χ2v) is 5.94. The molecule has 1 saturated heterocycles. The molecule has 2 N–H and O–H groups in total.